The minimum Gasteiger partial charge on any atom is -0.393 e. The second-order valence-electron chi connectivity index (χ2n) is 8.36. The predicted octanol–water partition coefficient (Wildman–Crippen LogP) is 3.46. The molecule has 2 atom stereocenters. The fourth-order valence-electron chi connectivity index (χ4n) is 4.25. The highest BCUT2D eigenvalue weighted by Crippen LogP contribution is 2.44. The Labute approximate surface area is 181 Å². The molecule has 11 heteroatoms. The first kappa shape index (κ1) is 22.1. The minimum atomic E-state index is -3.37. The van der Waals surface area contributed by atoms with Gasteiger partial charge in [-0.05, 0) is 31.5 Å². The smallest absolute Gasteiger partial charge is 0.322 e. The molecule has 0 saturated carbocycles. The van der Waals surface area contributed by atoms with Crippen molar-refractivity contribution in [2.45, 2.75) is 56.9 Å². The number of nitrogens with one attached hydrogen (secondary N) is 1. The van der Waals surface area contributed by atoms with Crippen molar-refractivity contribution >= 4 is 11.7 Å². The van der Waals surface area contributed by atoms with Crippen LogP contribution in [0.5, 0.6) is 0 Å². The van der Waals surface area contributed by atoms with Gasteiger partial charge in [0.2, 0.25) is 0 Å². The Kier molecular flexibility index (Phi) is 5.36. The predicted molar refractivity (Wildman–Crippen MR) is 105 cm³/mol. The number of rotatable bonds is 2. The summed E-state index contributed by atoms with van der Waals surface area (Å²) in [6.07, 6.45) is -1.11. The van der Waals surface area contributed by atoms with Crippen LogP contribution in [0.15, 0.2) is 18.2 Å². The molecule has 0 bridgehead atoms. The topological polar surface area (TPSA) is 94.2 Å². The molecule has 0 radical (unpaired) electrons. The van der Waals surface area contributed by atoms with Gasteiger partial charge in [0, 0.05) is 30.1 Å². The molecule has 2 amide bonds. The summed E-state index contributed by atoms with van der Waals surface area (Å²) in [6.45, 7) is 0.177. The van der Waals surface area contributed by atoms with E-state index in [-0.39, 0.29) is 29.8 Å². The van der Waals surface area contributed by atoms with E-state index in [1.165, 1.54) is 17.0 Å². The van der Waals surface area contributed by atoms with E-state index in [1.807, 2.05) is 0 Å². The molecule has 1 aromatic carbocycles. The van der Waals surface area contributed by atoms with Crippen molar-refractivity contribution in [2.75, 3.05) is 11.9 Å². The van der Waals surface area contributed by atoms with Gasteiger partial charge < -0.3 is 15.3 Å². The largest absolute Gasteiger partial charge is 0.393 e. The van der Waals surface area contributed by atoms with E-state index in [1.54, 1.807) is 13.0 Å². The van der Waals surface area contributed by atoms with E-state index in [4.69, 9.17) is 5.26 Å². The third-order valence-electron chi connectivity index (χ3n) is 6.03. The number of halogens is 4. The Morgan fingerprint density at radius 2 is 2.12 bits per heavy atom. The maximum absolute atomic E-state index is 15.0. The molecule has 0 saturated heterocycles. The summed E-state index contributed by atoms with van der Waals surface area (Å²) in [5.74, 6) is -4.09. The van der Waals surface area contributed by atoms with Crippen LogP contribution in [0, 0.1) is 17.1 Å². The molecule has 4 rings (SSSR count). The summed E-state index contributed by atoms with van der Waals surface area (Å²) in [6, 6.07) is 4.20. The van der Waals surface area contributed by atoms with Crippen LogP contribution in [0.3, 0.4) is 0 Å². The van der Waals surface area contributed by atoms with Gasteiger partial charge in [0.05, 0.1) is 31.0 Å². The van der Waals surface area contributed by atoms with Crippen LogP contribution in [-0.2, 0) is 25.4 Å². The van der Waals surface area contributed by atoms with Crippen molar-refractivity contribution in [3.8, 4) is 6.07 Å². The number of carbonyl (C=O) groups is 1. The number of nitrogens with zero attached hydrogens (tertiary/aromatic N) is 4. The van der Waals surface area contributed by atoms with E-state index in [0.29, 0.717) is 5.69 Å². The first-order valence-corrected chi connectivity index (χ1v) is 10.1. The first-order valence-electron chi connectivity index (χ1n) is 10.1. The average molecular weight is 451 g/mol. The molecule has 0 aliphatic carbocycles. The molecule has 2 aromatic rings. The monoisotopic (exact) mass is 451 g/mol. The number of benzene rings is 1. The van der Waals surface area contributed by atoms with Gasteiger partial charge in [-0.1, -0.05) is 0 Å². The molecule has 0 unspecified atom stereocenters. The number of aliphatic hydroxyl groups is 1. The van der Waals surface area contributed by atoms with E-state index in [0.717, 1.165) is 10.7 Å². The van der Waals surface area contributed by atoms with Crippen LogP contribution in [0.2, 0.25) is 0 Å². The zero-order valence-corrected chi connectivity index (χ0v) is 17.2. The number of aliphatic hydroxyl groups excluding tert-OH is 1. The zero-order chi connectivity index (χ0) is 23.3. The van der Waals surface area contributed by atoms with E-state index >= 15 is 0 Å². The number of fused-ring (bicyclic) bond motifs is 3. The number of alkyl halides is 3. The summed E-state index contributed by atoms with van der Waals surface area (Å²) < 4.78 is 59.2. The Morgan fingerprint density at radius 1 is 1.38 bits per heavy atom. The van der Waals surface area contributed by atoms with Gasteiger partial charge in [-0.3, -0.25) is 4.68 Å². The van der Waals surface area contributed by atoms with E-state index in [2.05, 4.69) is 10.4 Å². The number of nitriles is 1. The average Bonchev–Trinajstić information content (AvgIpc) is 3.05. The number of amides is 2. The molecule has 1 aromatic heterocycles. The summed E-state index contributed by atoms with van der Waals surface area (Å²) in [4.78, 5) is 14.2. The lowest BCUT2D eigenvalue weighted by Crippen LogP contribution is -2.45. The minimum absolute atomic E-state index is 0.169. The third-order valence-corrected chi connectivity index (χ3v) is 6.03. The maximum atomic E-state index is 15.0. The fourth-order valence-corrected chi connectivity index (χ4v) is 4.25. The molecule has 2 N–H and O–H groups in total. The van der Waals surface area contributed by atoms with Crippen LogP contribution >= 0.6 is 0 Å². The maximum Gasteiger partial charge on any atom is 0.322 e. The van der Waals surface area contributed by atoms with Crippen molar-refractivity contribution in [1.82, 2.24) is 14.7 Å². The van der Waals surface area contributed by atoms with Gasteiger partial charge in [0.1, 0.15) is 17.6 Å². The number of urea groups is 1. The summed E-state index contributed by atoms with van der Waals surface area (Å²) >= 11 is 0. The van der Waals surface area contributed by atoms with Crippen LogP contribution in [-0.4, -0.2) is 44.1 Å². The van der Waals surface area contributed by atoms with E-state index in [9.17, 15) is 27.5 Å². The van der Waals surface area contributed by atoms with Crippen molar-refractivity contribution in [1.29, 1.82) is 5.26 Å². The molecular formula is C21H21F4N5O2. The van der Waals surface area contributed by atoms with Crippen molar-refractivity contribution < 1.29 is 27.5 Å². The molecule has 32 heavy (non-hydrogen) atoms. The quantitative estimate of drug-likeness (QED) is 0.684. The highest BCUT2D eigenvalue weighted by molar-refractivity contribution is 5.90. The second kappa shape index (κ2) is 7.78. The molecule has 3 heterocycles. The van der Waals surface area contributed by atoms with Gasteiger partial charge in [-0.2, -0.15) is 19.1 Å². The Balaban J connectivity index is 1.64. The lowest BCUT2D eigenvalue weighted by atomic mass is 9.95. The standard InChI is InChI=1S/C21H21F4N5O2/c1-12-6-17-15(18-21(24,25)5-4-20(23,11-31)10-30(18)28-17)9-29(12)19(32)27-14-2-3-16(22)13(7-14)8-26/h2-3,7,12,31H,4-6,9-11H2,1H3,(H,27,32)/t12-,20-/m1/s1. The van der Waals surface area contributed by atoms with Crippen molar-refractivity contribution in [2.24, 2.45) is 0 Å². The Bertz CT molecular complexity index is 1110. The highest BCUT2D eigenvalue weighted by atomic mass is 19.3. The number of aromatic nitrogens is 2. The Hall–Kier alpha value is -3.13. The van der Waals surface area contributed by atoms with Crippen LogP contribution < -0.4 is 5.32 Å². The lowest BCUT2D eigenvalue weighted by Gasteiger charge is -2.33. The highest BCUT2D eigenvalue weighted by Gasteiger charge is 2.48. The van der Waals surface area contributed by atoms with Crippen LogP contribution in [0.1, 0.15) is 42.3 Å². The Morgan fingerprint density at radius 3 is 2.81 bits per heavy atom. The molecule has 2 aliphatic heterocycles. The normalized spacial score (nSPS) is 24.2. The van der Waals surface area contributed by atoms with Crippen molar-refractivity contribution in [3.05, 3.63) is 46.5 Å². The van der Waals surface area contributed by atoms with Gasteiger partial charge in [0.15, 0.2) is 5.67 Å². The van der Waals surface area contributed by atoms with Crippen molar-refractivity contribution in [3.63, 3.8) is 0 Å². The number of anilines is 1. The van der Waals surface area contributed by atoms with Gasteiger partial charge in [0.25, 0.3) is 5.92 Å². The summed E-state index contributed by atoms with van der Waals surface area (Å²) in [5.41, 5.74) is -2.15. The van der Waals surface area contributed by atoms with Gasteiger partial charge >= 0.3 is 6.03 Å². The van der Waals surface area contributed by atoms with E-state index < -0.39 is 61.2 Å². The number of carbonyl (C=O) groups excluding carboxylic acids is 1. The fraction of sp³-hybridized carbons (Fsp3) is 0.476. The molecular weight excluding hydrogens is 430 g/mol. The molecule has 2 aliphatic rings. The third kappa shape index (κ3) is 3.79. The molecule has 170 valence electrons. The SMILES string of the molecule is C[C@@H]1Cc2nn3c(c2CN1C(=O)Nc1ccc(F)c(C#N)c1)C(F)(F)CC[C@](F)(CO)C3. The van der Waals surface area contributed by atoms with Gasteiger partial charge in [-0.15, -0.1) is 0 Å². The number of hydrogen-bond donors (Lipinski definition) is 2. The summed E-state index contributed by atoms with van der Waals surface area (Å²) in [5, 5.41) is 25.1. The van der Waals surface area contributed by atoms with Gasteiger partial charge in [-0.25, -0.2) is 13.6 Å². The zero-order valence-electron chi connectivity index (χ0n) is 17.2. The first-order chi connectivity index (χ1) is 15.1. The second-order valence-corrected chi connectivity index (χ2v) is 8.36. The van der Waals surface area contributed by atoms with Crippen LogP contribution in [0.25, 0.3) is 0 Å². The van der Waals surface area contributed by atoms with Crippen LogP contribution in [0.4, 0.5) is 28.0 Å². The molecule has 0 fully saturated rings. The molecule has 0 spiro atoms. The summed E-state index contributed by atoms with van der Waals surface area (Å²) in [7, 11) is 0. The number of hydrogen-bond acceptors (Lipinski definition) is 4. The lowest BCUT2D eigenvalue weighted by molar-refractivity contribution is -0.0324. The molecule has 7 nitrogen and oxygen atoms in total.